The molecule has 2 atom stereocenters. The molecule has 0 spiro atoms. The minimum absolute atomic E-state index is 0.0434. The molecule has 2 unspecified atom stereocenters. The molecule has 4 heteroatoms. The number of halogens is 1. The SMILES string of the molecule is CC.CCNC1C=CC(/C=C/CC(C)(CC)c2cc(Cl)ccc2[NH2+]C)=C(OC)C1. The Labute approximate surface area is 183 Å². The Bertz CT molecular complexity index is 724. The molecule has 0 aromatic heterocycles. The van der Waals surface area contributed by atoms with Crippen LogP contribution in [0.15, 0.2) is 53.8 Å². The minimum Gasteiger partial charge on any atom is -0.500 e. The molecule has 2 rings (SSSR count). The summed E-state index contributed by atoms with van der Waals surface area (Å²) in [5, 5.41) is 6.42. The molecular formula is C25H40ClN2O+. The van der Waals surface area contributed by atoms with Crippen LogP contribution in [0.4, 0.5) is 5.69 Å². The topological polar surface area (TPSA) is 37.9 Å². The van der Waals surface area contributed by atoms with Gasteiger partial charge in [-0.05, 0) is 31.5 Å². The van der Waals surface area contributed by atoms with Crippen molar-refractivity contribution in [1.82, 2.24) is 5.32 Å². The summed E-state index contributed by atoms with van der Waals surface area (Å²) in [5.41, 5.74) is 3.79. The van der Waals surface area contributed by atoms with Crippen LogP contribution in [-0.2, 0) is 10.2 Å². The first kappa shape index (κ1) is 25.5. The summed E-state index contributed by atoms with van der Waals surface area (Å²) in [6, 6.07) is 6.56. The van der Waals surface area contributed by atoms with E-state index in [1.807, 2.05) is 19.9 Å². The van der Waals surface area contributed by atoms with Crippen molar-refractivity contribution in [2.24, 2.45) is 0 Å². The highest BCUT2D eigenvalue weighted by molar-refractivity contribution is 6.30. The molecule has 0 radical (unpaired) electrons. The fourth-order valence-corrected chi connectivity index (χ4v) is 3.82. The third-order valence-electron chi connectivity index (χ3n) is 5.57. The number of quaternary nitrogens is 1. The number of likely N-dealkylation sites (N-methyl/N-ethyl adjacent to an activating group) is 1. The van der Waals surface area contributed by atoms with Crippen molar-refractivity contribution in [1.29, 1.82) is 0 Å². The molecule has 1 aliphatic rings. The van der Waals surface area contributed by atoms with Crippen molar-refractivity contribution in [2.75, 3.05) is 20.7 Å². The number of benzene rings is 1. The second kappa shape index (κ2) is 12.9. The maximum atomic E-state index is 6.30. The van der Waals surface area contributed by atoms with Crippen LogP contribution in [0.1, 0.15) is 59.4 Å². The van der Waals surface area contributed by atoms with Gasteiger partial charge in [0.2, 0.25) is 0 Å². The predicted molar refractivity (Wildman–Crippen MR) is 127 cm³/mol. The van der Waals surface area contributed by atoms with Gasteiger partial charge >= 0.3 is 0 Å². The summed E-state index contributed by atoms with van der Waals surface area (Å²) in [6.07, 6.45) is 11.8. The molecule has 29 heavy (non-hydrogen) atoms. The second-order valence-corrected chi connectivity index (χ2v) is 7.79. The van der Waals surface area contributed by atoms with Crippen LogP contribution in [0.25, 0.3) is 0 Å². The normalized spacial score (nSPS) is 18.4. The van der Waals surface area contributed by atoms with E-state index in [4.69, 9.17) is 16.3 Å². The zero-order valence-corrected chi connectivity index (χ0v) is 20.1. The minimum atomic E-state index is 0.0434. The maximum absolute atomic E-state index is 6.30. The Balaban J connectivity index is 0.00000204. The average molecular weight is 420 g/mol. The second-order valence-electron chi connectivity index (χ2n) is 7.35. The first-order valence-electron chi connectivity index (χ1n) is 10.9. The zero-order chi connectivity index (χ0) is 21.9. The molecule has 0 saturated carbocycles. The fourth-order valence-electron chi connectivity index (χ4n) is 3.64. The Hall–Kier alpha value is -1.55. The molecule has 1 aromatic rings. The first-order valence-corrected chi connectivity index (χ1v) is 11.3. The van der Waals surface area contributed by atoms with Crippen molar-refractivity contribution in [3.63, 3.8) is 0 Å². The summed E-state index contributed by atoms with van der Waals surface area (Å²) in [7, 11) is 3.85. The van der Waals surface area contributed by atoms with Gasteiger partial charge in [0.25, 0.3) is 0 Å². The van der Waals surface area contributed by atoms with E-state index in [1.165, 1.54) is 16.8 Å². The van der Waals surface area contributed by atoms with E-state index in [-0.39, 0.29) is 5.41 Å². The van der Waals surface area contributed by atoms with E-state index in [2.05, 4.69) is 74.9 Å². The van der Waals surface area contributed by atoms with Gasteiger partial charge in [-0.3, -0.25) is 0 Å². The van der Waals surface area contributed by atoms with E-state index in [0.717, 1.165) is 36.6 Å². The largest absolute Gasteiger partial charge is 0.500 e. The molecular weight excluding hydrogens is 380 g/mol. The lowest BCUT2D eigenvalue weighted by atomic mass is 9.76. The number of nitrogens with two attached hydrogens (primary N) is 1. The number of rotatable bonds is 9. The summed E-state index contributed by atoms with van der Waals surface area (Å²) in [5.74, 6) is 1.04. The predicted octanol–water partition coefficient (Wildman–Crippen LogP) is 5.64. The van der Waals surface area contributed by atoms with Gasteiger partial charge in [-0.25, -0.2) is 0 Å². The molecule has 0 saturated heterocycles. The van der Waals surface area contributed by atoms with E-state index in [9.17, 15) is 0 Å². The van der Waals surface area contributed by atoms with Crippen molar-refractivity contribution >= 4 is 17.3 Å². The van der Waals surface area contributed by atoms with Crippen molar-refractivity contribution in [3.8, 4) is 0 Å². The van der Waals surface area contributed by atoms with Gasteiger partial charge in [-0.2, -0.15) is 0 Å². The van der Waals surface area contributed by atoms with Crippen molar-refractivity contribution in [3.05, 3.63) is 64.4 Å². The van der Waals surface area contributed by atoms with Crippen LogP contribution in [0, 0.1) is 0 Å². The van der Waals surface area contributed by atoms with Gasteiger partial charge in [0, 0.05) is 40.1 Å². The number of nitrogens with one attached hydrogen (secondary N) is 1. The smallest absolute Gasteiger partial charge is 0.133 e. The molecule has 1 aliphatic carbocycles. The van der Waals surface area contributed by atoms with Gasteiger partial charge in [-0.15, -0.1) is 0 Å². The van der Waals surface area contributed by atoms with Gasteiger partial charge in [-0.1, -0.05) is 70.5 Å². The van der Waals surface area contributed by atoms with Gasteiger partial charge in [0.15, 0.2) is 0 Å². The Morgan fingerprint density at radius 3 is 2.62 bits per heavy atom. The molecule has 3 nitrogen and oxygen atoms in total. The van der Waals surface area contributed by atoms with E-state index in [0.29, 0.717) is 6.04 Å². The Morgan fingerprint density at radius 1 is 1.31 bits per heavy atom. The standard InChI is InChI=1S/C23H33ClN2O.C2H6/c1-6-23(3,20-15-18(24)11-13-21(20)25-4)14-8-9-17-10-12-19(26-7-2)16-22(17)27-5;1-2/h8-13,15,19,25-26H,6-7,14,16H2,1-5H3;1-2H3/p+1/b9-8+;. The van der Waals surface area contributed by atoms with E-state index >= 15 is 0 Å². The highest BCUT2D eigenvalue weighted by Gasteiger charge is 2.28. The van der Waals surface area contributed by atoms with Crippen LogP contribution >= 0.6 is 11.6 Å². The zero-order valence-electron chi connectivity index (χ0n) is 19.3. The lowest BCUT2D eigenvalue weighted by Crippen LogP contribution is -2.73. The quantitative estimate of drug-likeness (QED) is 0.508. The molecule has 0 bridgehead atoms. The third-order valence-corrected chi connectivity index (χ3v) is 5.81. The number of methoxy groups -OCH3 is 1. The fraction of sp³-hybridized carbons (Fsp3) is 0.520. The van der Waals surface area contributed by atoms with Gasteiger partial charge in [0.1, 0.15) is 11.4 Å². The molecule has 0 heterocycles. The number of hydrogen-bond acceptors (Lipinski definition) is 2. The van der Waals surface area contributed by atoms with Crippen molar-refractivity contribution < 1.29 is 10.1 Å². The summed E-state index contributed by atoms with van der Waals surface area (Å²) in [6.45, 7) is 11.7. The lowest BCUT2D eigenvalue weighted by Gasteiger charge is -2.28. The molecule has 0 fully saturated rings. The van der Waals surface area contributed by atoms with Gasteiger partial charge < -0.3 is 15.4 Å². The van der Waals surface area contributed by atoms with Crippen LogP contribution in [0.2, 0.25) is 5.02 Å². The summed E-state index contributed by atoms with van der Waals surface area (Å²) >= 11 is 6.30. The van der Waals surface area contributed by atoms with Crippen LogP contribution in [0.3, 0.4) is 0 Å². The summed E-state index contributed by atoms with van der Waals surface area (Å²) < 4.78 is 5.64. The number of ether oxygens (including phenoxy) is 1. The van der Waals surface area contributed by atoms with E-state index < -0.39 is 0 Å². The highest BCUT2D eigenvalue weighted by atomic mass is 35.5. The van der Waals surface area contributed by atoms with Crippen LogP contribution in [-0.4, -0.2) is 26.7 Å². The lowest BCUT2D eigenvalue weighted by molar-refractivity contribution is -0.540. The van der Waals surface area contributed by atoms with Crippen LogP contribution in [0.5, 0.6) is 0 Å². The Kier molecular flexibility index (Phi) is 11.3. The van der Waals surface area contributed by atoms with Gasteiger partial charge in [0.05, 0.1) is 14.2 Å². The summed E-state index contributed by atoms with van der Waals surface area (Å²) in [4.78, 5) is 0. The molecule has 1 aromatic carbocycles. The molecule has 3 N–H and O–H groups in total. The molecule has 0 amide bonds. The Morgan fingerprint density at radius 2 is 2.03 bits per heavy atom. The highest BCUT2D eigenvalue weighted by Crippen LogP contribution is 2.36. The van der Waals surface area contributed by atoms with Crippen molar-refractivity contribution in [2.45, 2.75) is 65.3 Å². The third kappa shape index (κ3) is 7.02. The monoisotopic (exact) mass is 419 g/mol. The van der Waals surface area contributed by atoms with E-state index in [1.54, 1.807) is 7.11 Å². The number of hydrogen-bond donors (Lipinski definition) is 2. The maximum Gasteiger partial charge on any atom is 0.133 e. The molecule has 0 aliphatic heterocycles. The number of allylic oxidation sites excluding steroid dienone is 4. The molecule has 162 valence electrons. The van der Waals surface area contributed by atoms with Crippen LogP contribution < -0.4 is 10.6 Å². The average Bonchev–Trinajstić information content (AvgIpc) is 2.76. The first-order chi connectivity index (χ1) is 14.0.